The molecule has 2 rings (SSSR count). The predicted octanol–water partition coefficient (Wildman–Crippen LogP) is 0.367. The van der Waals surface area contributed by atoms with Crippen LogP contribution < -0.4 is 5.32 Å². The Morgan fingerprint density at radius 3 is 2.61 bits per heavy atom. The minimum Gasteiger partial charge on any atom is -0.395 e. The molecule has 1 aliphatic rings. The van der Waals surface area contributed by atoms with Crippen LogP contribution in [0.25, 0.3) is 0 Å². The average molecular weight is 269 g/mol. The fourth-order valence-electron chi connectivity index (χ4n) is 2.33. The zero-order chi connectivity index (χ0) is 13.0. The molecule has 0 amide bonds. The first-order chi connectivity index (χ1) is 8.59. The van der Waals surface area contributed by atoms with E-state index in [9.17, 15) is 13.5 Å². The second-order valence-electron chi connectivity index (χ2n) is 4.84. The van der Waals surface area contributed by atoms with Crippen LogP contribution >= 0.6 is 0 Å². The smallest absolute Gasteiger partial charge is 0.151 e. The summed E-state index contributed by atoms with van der Waals surface area (Å²) in [7, 11) is -2.87. The van der Waals surface area contributed by atoms with Crippen molar-refractivity contribution in [2.75, 3.05) is 18.1 Å². The summed E-state index contributed by atoms with van der Waals surface area (Å²) in [6.07, 6.45) is 1.36. The quantitative estimate of drug-likeness (QED) is 0.810. The molecular weight excluding hydrogens is 250 g/mol. The molecule has 5 heteroatoms. The molecule has 1 aromatic carbocycles. The molecule has 1 heterocycles. The Morgan fingerprint density at radius 2 is 2.06 bits per heavy atom. The van der Waals surface area contributed by atoms with Gasteiger partial charge in [-0.3, -0.25) is 0 Å². The molecule has 0 aliphatic carbocycles. The fourth-order valence-corrected chi connectivity index (χ4v) is 4.02. The number of nitrogens with one attached hydrogen (secondary N) is 1. The highest BCUT2D eigenvalue weighted by Crippen LogP contribution is 2.13. The molecule has 1 saturated heterocycles. The van der Waals surface area contributed by atoms with Gasteiger partial charge in [0.25, 0.3) is 0 Å². The van der Waals surface area contributed by atoms with E-state index in [1.165, 1.54) is 0 Å². The number of benzene rings is 1. The van der Waals surface area contributed by atoms with Crippen molar-refractivity contribution in [3.05, 3.63) is 35.9 Å². The van der Waals surface area contributed by atoms with Gasteiger partial charge in [-0.2, -0.15) is 0 Å². The monoisotopic (exact) mass is 269 g/mol. The van der Waals surface area contributed by atoms with E-state index in [0.717, 1.165) is 5.56 Å². The Labute approximate surface area is 108 Å². The maximum Gasteiger partial charge on any atom is 0.151 e. The maximum atomic E-state index is 11.4. The number of hydrogen-bond donors (Lipinski definition) is 2. The van der Waals surface area contributed by atoms with Gasteiger partial charge in [0, 0.05) is 12.1 Å². The topological polar surface area (TPSA) is 66.4 Å². The molecule has 0 bridgehead atoms. The lowest BCUT2D eigenvalue weighted by Gasteiger charge is -2.20. The van der Waals surface area contributed by atoms with Crippen molar-refractivity contribution in [3.8, 4) is 0 Å². The number of aliphatic hydroxyl groups excluding tert-OH is 1. The highest BCUT2D eigenvalue weighted by Gasteiger charge is 2.29. The molecule has 0 saturated carbocycles. The Morgan fingerprint density at radius 1 is 1.33 bits per heavy atom. The summed E-state index contributed by atoms with van der Waals surface area (Å²) in [5, 5.41) is 12.6. The summed E-state index contributed by atoms with van der Waals surface area (Å²) >= 11 is 0. The number of hydrogen-bond acceptors (Lipinski definition) is 4. The first kappa shape index (κ1) is 13.5. The molecule has 1 aromatic rings. The fraction of sp³-hybridized carbons (Fsp3) is 0.538. The van der Waals surface area contributed by atoms with Crippen LogP contribution in [0.1, 0.15) is 12.0 Å². The van der Waals surface area contributed by atoms with Gasteiger partial charge >= 0.3 is 0 Å². The van der Waals surface area contributed by atoms with Gasteiger partial charge in [-0.15, -0.1) is 0 Å². The van der Waals surface area contributed by atoms with Gasteiger partial charge in [0.15, 0.2) is 9.84 Å². The summed E-state index contributed by atoms with van der Waals surface area (Å²) in [5.74, 6) is 0.451. The summed E-state index contributed by atoms with van der Waals surface area (Å²) < 4.78 is 22.7. The van der Waals surface area contributed by atoms with Crippen molar-refractivity contribution in [3.63, 3.8) is 0 Å². The highest BCUT2D eigenvalue weighted by atomic mass is 32.2. The van der Waals surface area contributed by atoms with Gasteiger partial charge in [0.1, 0.15) is 0 Å². The van der Waals surface area contributed by atoms with Gasteiger partial charge in [-0.25, -0.2) is 8.42 Å². The van der Waals surface area contributed by atoms with E-state index >= 15 is 0 Å². The van der Waals surface area contributed by atoms with Crippen molar-refractivity contribution in [1.29, 1.82) is 0 Å². The molecule has 1 unspecified atom stereocenters. The first-order valence-electron chi connectivity index (χ1n) is 6.20. The lowest BCUT2D eigenvalue weighted by atomic mass is 10.1. The van der Waals surface area contributed by atoms with E-state index < -0.39 is 9.84 Å². The summed E-state index contributed by atoms with van der Waals surface area (Å²) in [6.45, 7) is 0.0193. The lowest BCUT2D eigenvalue weighted by Crippen LogP contribution is -2.42. The largest absolute Gasteiger partial charge is 0.395 e. The highest BCUT2D eigenvalue weighted by molar-refractivity contribution is 7.91. The molecular formula is C13H19NO3S. The molecule has 0 aromatic heterocycles. The van der Waals surface area contributed by atoms with E-state index in [2.05, 4.69) is 5.32 Å². The SMILES string of the molecule is O=S1(=O)CCC(N[C@@H](CO)Cc2ccccc2)C1. The van der Waals surface area contributed by atoms with Crippen LogP contribution in [-0.2, 0) is 16.3 Å². The minimum atomic E-state index is -2.87. The Kier molecular flexibility index (Phi) is 4.37. The van der Waals surface area contributed by atoms with Crippen LogP contribution in [0.4, 0.5) is 0 Å². The van der Waals surface area contributed by atoms with Gasteiger partial charge in [-0.1, -0.05) is 30.3 Å². The molecule has 4 nitrogen and oxygen atoms in total. The van der Waals surface area contributed by atoms with Gasteiger partial charge in [0.05, 0.1) is 18.1 Å². The van der Waals surface area contributed by atoms with Crippen LogP contribution in [0.3, 0.4) is 0 Å². The van der Waals surface area contributed by atoms with Crippen molar-refractivity contribution in [2.24, 2.45) is 0 Å². The molecule has 1 fully saturated rings. The molecule has 1 aliphatic heterocycles. The number of sulfone groups is 1. The Balaban J connectivity index is 1.90. The summed E-state index contributed by atoms with van der Waals surface area (Å²) in [5.41, 5.74) is 1.14. The maximum absolute atomic E-state index is 11.4. The average Bonchev–Trinajstić information content (AvgIpc) is 2.69. The molecule has 18 heavy (non-hydrogen) atoms. The van der Waals surface area contributed by atoms with E-state index in [1.807, 2.05) is 30.3 Å². The second kappa shape index (κ2) is 5.82. The third kappa shape index (κ3) is 3.80. The van der Waals surface area contributed by atoms with E-state index in [1.54, 1.807) is 0 Å². The summed E-state index contributed by atoms with van der Waals surface area (Å²) in [4.78, 5) is 0. The zero-order valence-corrected chi connectivity index (χ0v) is 11.1. The van der Waals surface area contributed by atoms with Crippen LogP contribution in [-0.4, -0.2) is 43.7 Å². The van der Waals surface area contributed by atoms with Gasteiger partial charge < -0.3 is 10.4 Å². The third-order valence-corrected chi connectivity index (χ3v) is 5.02. The number of aliphatic hydroxyl groups is 1. The standard InChI is InChI=1S/C13H19NO3S/c15-9-13(8-11-4-2-1-3-5-11)14-12-6-7-18(16,17)10-12/h1-5,12-15H,6-10H2/t12?,13-/m1/s1. The van der Waals surface area contributed by atoms with Crippen molar-refractivity contribution >= 4 is 9.84 Å². The molecule has 2 atom stereocenters. The minimum absolute atomic E-state index is 0.0177. The zero-order valence-electron chi connectivity index (χ0n) is 10.2. The molecule has 100 valence electrons. The van der Waals surface area contributed by atoms with Crippen molar-refractivity contribution in [2.45, 2.75) is 24.9 Å². The second-order valence-corrected chi connectivity index (χ2v) is 7.06. The Hall–Kier alpha value is -0.910. The Bertz CT molecular complexity index is 472. The molecule has 0 spiro atoms. The van der Waals surface area contributed by atoms with Crippen LogP contribution in [0, 0.1) is 0 Å². The van der Waals surface area contributed by atoms with Crippen LogP contribution in [0.15, 0.2) is 30.3 Å². The van der Waals surface area contributed by atoms with E-state index in [4.69, 9.17) is 0 Å². The van der Waals surface area contributed by atoms with Crippen LogP contribution in [0.2, 0.25) is 0 Å². The van der Waals surface area contributed by atoms with E-state index in [-0.39, 0.29) is 30.2 Å². The van der Waals surface area contributed by atoms with Crippen LogP contribution in [0.5, 0.6) is 0 Å². The van der Waals surface area contributed by atoms with E-state index in [0.29, 0.717) is 12.8 Å². The molecule has 0 radical (unpaired) electrons. The van der Waals surface area contributed by atoms with Gasteiger partial charge in [0.2, 0.25) is 0 Å². The van der Waals surface area contributed by atoms with Crippen molar-refractivity contribution in [1.82, 2.24) is 5.32 Å². The normalized spacial score (nSPS) is 23.9. The van der Waals surface area contributed by atoms with Gasteiger partial charge in [-0.05, 0) is 18.4 Å². The number of rotatable bonds is 5. The predicted molar refractivity (Wildman–Crippen MR) is 71.2 cm³/mol. The first-order valence-corrected chi connectivity index (χ1v) is 8.02. The lowest BCUT2D eigenvalue weighted by molar-refractivity contribution is 0.233. The summed E-state index contributed by atoms with van der Waals surface area (Å²) in [6, 6.07) is 9.80. The third-order valence-electron chi connectivity index (χ3n) is 3.25. The molecule has 2 N–H and O–H groups in total. The van der Waals surface area contributed by atoms with Crippen molar-refractivity contribution < 1.29 is 13.5 Å².